The molecule has 1 rings (SSSR count). The van der Waals surface area contributed by atoms with E-state index in [4.69, 9.17) is 0 Å². The third kappa shape index (κ3) is 2.95. The number of rotatable bonds is 5. The number of hydrogen-bond acceptors (Lipinski definition) is 2. The highest BCUT2D eigenvalue weighted by Gasteiger charge is 2.01. The van der Waals surface area contributed by atoms with Crippen LogP contribution in [0.4, 0.5) is 5.95 Å². The van der Waals surface area contributed by atoms with Crippen molar-refractivity contribution in [2.45, 2.75) is 39.2 Å². The molecule has 1 unspecified atom stereocenters. The second-order valence-electron chi connectivity index (χ2n) is 3.13. The zero-order valence-corrected chi connectivity index (χ0v) is 7.80. The molecule has 0 aliphatic heterocycles. The van der Waals surface area contributed by atoms with E-state index in [0.717, 1.165) is 5.95 Å². The lowest BCUT2D eigenvalue weighted by molar-refractivity contribution is 0.641. The van der Waals surface area contributed by atoms with Crippen molar-refractivity contribution in [3.05, 3.63) is 12.4 Å². The molecule has 2 N–H and O–H groups in total. The minimum absolute atomic E-state index is 0.510. The van der Waals surface area contributed by atoms with E-state index in [1.807, 2.05) is 6.20 Å². The number of imidazole rings is 1. The van der Waals surface area contributed by atoms with Crippen molar-refractivity contribution in [1.82, 2.24) is 9.97 Å². The van der Waals surface area contributed by atoms with Gasteiger partial charge < -0.3 is 10.3 Å². The molecule has 3 nitrogen and oxygen atoms in total. The average molecular weight is 167 g/mol. The van der Waals surface area contributed by atoms with Crippen LogP contribution in [0.3, 0.4) is 0 Å². The zero-order chi connectivity index (χ0) is 8.81. The zero-order valence-electron chi connectivity index (χ0n) is 7.80. The molecule has 0 saturated heterocycles. The summed E-state index contributed by atoms with van der Waals surface area (Å²) in [5.41, 5.74) is 0. The van der Waals surface area contributed by atoms with Crippen molar-refractivity contribution in [2.24, 2.45) is 0 Å². The first-order valence-electron chi connectivity index (χ1n) is 4.59. The largest absolute Gasteiger partial charge is 0.353 e. The van der Waals surface area contributed by atoms with Crippen molar-refractivity contribution in [3.8, 4) is 0 Å². The van der Waals surface area contributed by atoms with Crippen LogP contribution in [0.5, 0.6) is 0 Å². The van der Waals surface area contributed by atoms with E-state index in [1.54, 1.807) is 6.20 Å². The molecule has 0 aliphatic rings. The maximum atomic E-state index is 4.10. The number of anilines is 1. The molecule has 0 spiro atoms. The Labute approximate surface area is 73.6 Å². The van der Waals surface area contributed by atoms with Gasteiger partial charge in [-0.25, -0.2) is 4.98 Å². The fourth-order valence-electron chi connectivity index (χ4n) is 1.16. The molecule has 0 aliphatic carbocycles. The molecule has 0 aromatic carbocycles. The van der Waals surface area contributed by atoms with E-state index in [1.165, 1.54) is 19.3 Å². The highest BCUT2D eigenvalue weighted by molar-refractivity contribution is 5.23. The van der Waals surface area contributed by atoms with Gasteiger partial charge in [-0.1, -0.05) is 19.8 Å². The summed E-state index contributed by atoms with van der Waals surface area (Å²) in [6.45, 7) is 4.39. The summed E-state index contributed by atoms with van der Waals surface area (Å²) >= 11 is 0. The van der Waals surface area contributed by atoms with Gasteiger partial charge in [-0.15, -0.1) is 0 Å². The van der Waals surface area contributed by atoms with Gasteiger partial charge in [-0.05, 0) is 13.3 Å². The van der Waals surface area contributed by atoms with Gasteiger partial charge >= 0.3 is 0 Å². The quantitative estimate of drug-likeness (QED) is 0.707. The Balaban J connectivity index is 2.22. The van der Waals surface area contributed by atoms with E-state index >= 15 is 0 Å². The number of hydrogen-bond donors (Lipinski definition) is 2. The Morgan fingerprint density at radius 3 is 3.08 bits per heavy atom. The van der Waals surface area contributed by atoms with Crippen LogP contribution in [-0.4, -0.2) is 16.0 Å². The topological polar surface area (TPSA) is 40.7 Å². The molecule has 1 atom stereocenters. The van der Waals surface area contributed by atoms with E-state index < -0.39 is 0 Å². The molecule has 1 heterocycles. The van der Waals surface area contributed by atoms with Crippen molar-refractivity contribution in [1.29, 1.82) is 0 Å². The Kier molecular flexibility index (Phi) is 3.64. The summed E-state index contributed by atoms with van der Waals surface area (Å²) < 4.78 is 0. The highest BCUT2D eigenvalue weighted by Crippen LogP contribution is 2.05. The van der Waals surface area contributed by atoms with E-state index in [9.17, 15) is 0 Å². The summed E-state index contributed by atoms with van der Waals surface area (Å²) in [4.78, 5) is 7.12. The lowest BCUT2D eigenvalue weighted by Crippen LogP contribution is -2.15. The summed E-state index contributed by atoms with van der Waals surface area (Å²) in [5, 5.41) is 3.29. The summed E-state index contributed by atoms with van der Waals surface area (Å²) in [5.74, 6) is 0.874. The van der Waals surface area contributed by atoms with Gasteiger partial charge in [0.25, 0.3) is 0 Å². The molecule has 0 bridgehead atoms. The first-order valence-corrected chi connectivity index (χ1v) is 4.59. The Morgan fingerprint density at radius 1 is 1.67 bits per heavy atom. The predicted molar refractivity (Wildman–Crippen MR) is 51.2 cm³/mol. The molecular formula is C9H17N3. The number of unbranched alkanes of at least 4 members (excludes halogenated alkanes) is 1. The minimum Gasteiger partial charge on any atom is -0.353 e. The number of H-pyrrole nitrogens is 1. The Morgan fingerprint density at radius 2 is 2.50 bits per heavy atom. The van der Waals surface area contributed by atoms with Crippen molar-refractivity contribution in [3.63, 3.8) is 0 Å². The maximum absolute atomic E-state index is 4.10. The Hall–Kier alpha value is -0.990. The van der Waals surface area contributed by atoms with E-state index in [-0.39, 0.29) is 0 Å². The van der Waals surface area contributed by atoms with Crippen LogP contribution < -0.4 is 5.32 Å². The average Bonchev–Trinajstić information content (AvgIpc) is 2.53. The fraction of sp³-hybridized carbons (Fsp3) is 0.667. The molecule has 1 aromatic rings. The molecule has 68 valence electrons. The molecule has 12 heavy (non-hydrogen) atoms. The van der Waals surface area contributed by atoms with Crippen molar-refractivity contribution in [2.75, 3.05) is 5.32 Å². The van der Waals surface area contributed by atoms with Gasteiger partial charge in [0.05, 0.1) is 0 Å². The molecule has 0 saturated carbocycles. The minimum atomic E-state index is 0.510. The van der Waals surface area contributed by atoms with Gasteiger partial charge in [0.15, 0.2) is 5.95 Å². The molecule has 0 fully saturated rings. The molecule has 0 amide bonds. The monoisotopic (exact) mass is 167 g/mol. The van der Waals surface area contributed by atoms with Crippen LogP contribution in [0.2, 0.25) is 0 Å². The molecule has 1 aromatic heterocycles. The highest BCUT2D eigenvalue weighted by atomic mass is 15.1. The second kappa shape index (κ2) is 4.80. The van der Waals surface area contributed by atoms with Gasteiger partial charge in [0, 0.05) is 18.4 Å². The van der Waals surface area contributed by atoms with Gasteiger partial charge in [-0.3, -0.25) is 0 Å². The van der Waals surface area contributed by atoms with Gasteiger partial charge in [0.2, 0.25) is 0 Å². The lowest BCUT2D eigenvalue weighted by Gasteiger charge is -2.11. The third-order valence-corrected chi connectivity index (χ3v) is 1.87. The summed E-state index contributed by atoms with van der Waals surface area (Å²) in [6.07, 6.45) is 7.32. The summed E-state index contributed by atoms with van der Waals surface area (Å²) in [6, 6.07) is 0.510. The van der Waals surface area contributed by atoms with Crippen LogP contribution >= 0.6 is 0 Å². The van der Waals surface area contributed by atoms with Crippen LogP contribution in [0.1, 0.15) is 33.1 Å². The van der Waals surface area contributed by atoms with Crippen LogP contribution in [-0.2, 0) is 0 Å². The summed E-state index contributed by atoms with van der Waals surface area (Å²) in [7, 11) is 0. The maximum Gasteiger partial charge on any atom is 0.200 e. The Bertz CT molecular complexity index is 194. The van der Waals surface area contributed by atoms with E-state index in [2.05, 4.69) is 29.1 Å². The number of nitrogens with zero attached hydrogens (tertiary/aromatic N) is 1. The van der Waals surface area contributed by atoms with Crippen LogP contribution in [0, 0.1) is 0 Å². The number of nitrogens with one attached hydrogen (secondary N) is 2. The van der Waals surface area contributed by atoms with Crippen molar-refractivity contribution >= 4 is 5.95 Å². The smallest absolute Gasteiger partial charge is 0.200 e. The number of aromatic nitrogens is 2. The van der Waals surface area contributed by atoms with Crippen molar-refractivity contribution < 1.29 is 0 Å². The first kappa shape index (κ1) is 9.10. The lowest BCUT2D eigenvalue weighted by atomic mass is 10.1. The van der Waals surface area contributed by atoms with Crippen LogP contribution in [0.15, 0.2) is 12.4 Å². The molecule has 3 heteroatoms. The van der Waals surface area contributed by atoms with Gasteiger partial charge in [0.1, 0.15) is 0 Å². The predicted octanol–water partition coefficient (Wildman–Crippen LogP) is 2.40. The fourth-order valence-corrected chi connectivity index (χ4v) is 1.16. The third-order valence-electron chi connectivity index (χ3n) is 1.87. The number of aromatic amines is 1. The first-order chi connectivity index (χ1) is 5.83. The van der Waals surface area contributed by atoms with Crippen LogP contribution in [0.25, 0.3) is 0 Å². The normalized spacial score (nSPS) is 12.8. The second-order valence-corrected chi connectivity index (χ2v) is 3.13. The molecule has 0 radical (unpaired) electrons. The molecular weight excluding hydrogens is 150 g/mol. The van der Waals surface area contributed by atoms with E-state index in [0.29, 0.717) is 6.04 Å². The van der Waals surface area contributed by atoms with Gasteiger partial charge in [-0.2, -0.15) is 0 Å². The SMILES string of the molecule is CCCCC(C)Nc1ncc[nH]1. The standard InChI is InChI=1S/C9H17N3/c1-3-4-5-8(2)12-9-10-6-7-11-9/h6-8H,3-5H2,1-2H3,(H2,10,11,12).